The van der Waals surface area contributed by atoms with Crippen LogP contribution in [0.15, 0.2) is 53.4 Å². The minimum absolute atomic E-state index is 0.0519. The molecule has 2 N–H and O–H groups in total. The smallest absolute Gasteiger partial charge is 0.265 e. The summed E-state index contributed by atoms with van der Waals surface area (Å²) in [5.41, 5.74) is 5.77. The van der Waals surface area contributed by atoms with Gasteiger partial charge in [0.15, 0.2) is 0 Å². The third kappa shape index (κ3) is 3.68. The number of amides is 1. The number of anilines is 1. The summed E-state index contributed by atoms with van der Waals surface area (Å²) in [5, 5.41) is 1.70. The number of carbonyl (C=O) groups excluding carboxylic acids is 1. The predicted octanol–water partition coefficient (Wildman–Crippen LogP) is 1.63. The van der Waals surface area contributed by atoms with E-state index in [1.54, 1.807) is 48.6 Å². The van der Waals surface area contributed by atoms with E-state index >= 15 is 0 Å². The summed E-state index contributed by atoms with van der Waals surface area (Å²) < 4.78 is 34.1. The van der Waals surface area contributed by atoms with Gasteiger partial charge in [0, 0.05) is 13.1 Å². The Hall–Kier alpha value is -2.62. The topological polar surface area (TPSA) is 102 Å². The van der Waals surface area contributed by atoms with E-state index in [-0.39, 0.29) is 10.5 Å². The molecule has 1 saturated heterocycles. The molecule has 0 saturated carbocycles. The van der Waals surface area contributed by atoms with Gasteiger partial charge in [0.2, 0.25) is 5.91 Å². The lowest BCUT2D eigenvalue weighted by molar-refractivity contribution is -0.112. The van der Waals surface area contributed by atoms with Crippen molar-refractivity contribution >= 4 is 21.6 Å². The van der Waals surface area contributed by atoms with E-state index in [2.05, 4.69) is 0 Å². The number of hydrogen-bond donors (Lipinski definition) is 1. The molecule has 0 aromatic heterocycles. The molecule has 1 atom stereocenters. The summed E-state index contributed by atoms with van der Waals surface area (Å²) in [4.78, 5) is 17.0. The normalized spacial score (nSPS) is 17.4. The molecule has 1 fully saturated rings. The first-order valence-electron chi connectivity index (χ1n) is 8.75. The first-order valence-corrected chi connectivity index (χ1v) is 10.2. The second-order valence-corrected chi connectivity index (χ2v) is 8.13. The van der Waals surface area contributed by atoms with Crippen molar-refractivity contribution in [2.75, 3.05) is 31.6 Å². The second kappa shape index (κ2) is 8.17. The van der Waals surface area contributed by atoms with E-state index in [0.29, 0.717) is 30.9 Å². The number of para-hydroxylation sites is 2. The predicted molar refractivity (Wildman–Crippen MR) is 105 cm³/mol. The number of benzene rings is 2. The fraction of sp³-hybridized carbons (Fsp3) is 0.316. The lowest BCUT2D eigenvalue weighted by Crippen LogP contribution is -2.43. The van der Waals surface area contributed by atoms with Crippen LogP contribution in [0.1, 0.15) is 16.8 Å². The molecule has 1 heterocycles. The summed E-state index contributed by atoms with van der Waals surface area (Å²) in [6.45, 7) is 0.965. The molecule has 1 aliphatic rings. The van der Waals surface area contributed by atoms with Crippen molar-refractivity contribution < 1.29 is 22.8 Å². The monoisotopic (exact) mass is 405 g/mol. The van der Waals surface area contributed by atoms with Crippen molar-refractivity contribution in [2.24, 2.45) is 5.73 Å². The molecular weight excluding hydrogens is 382 g/mol. The SMILES string of the molecule is COc1ccccc1N([C@H]1CCN(OC)C1)S(=O)(=O)c1ccccc1C(N)=O. The van der Waals surface area contributed by atoms with Crippen LogP contribution in [0.3, 0.4) is 0 Å². The molecule has 1 amide bonds. The molecule has 0 bridgehead atoms. The maximum atomic E-state index is 13.7. The van der Waals surface area contributed by atoms with Gasteiger partial charge >= 0.3 is 0 Å². The van der Waals surface area contributed by atoms with Gasteiger partial charge in [-0.25, -0.2) is 8.42 Å². The van der Waals surface area contributed by atoms with Gasteiger partial charge in [-0.1, -0.05) is 24.3 Å². The molecule has 3 rings (SSSR count). The summed E-state index contributed by atoms with van der Waals surface area (Å²) >= 11 is 0. The first-order chi connectivity index (χ1) is 13.4. The van der Waals surface area contributed by atoms with Crippen LogP contribution >= 0.6 is 0 Å². The summed E-state index contributed by atoms with van der Waals surface area (Å²) in [5.74, 6) is -0.386. The number of methoxy groups -OCH3 is 1. The number of ether oxygens (including phenoxy) is 1. The van der Waals surface area contributed by atoms with E-state index in [1.807, 2.05) is 0 Å². The minimum atomic E-state index is -4.11. The van der Waals surface area contributed by atoms with Crippen LogP contribution in [0.2, 0.25) is 0 Å². The molecule has 9 heteroatoms. The second-order valence-electron chi connectivity index (χ2n) is 6.35. The summed E-state index contributed by atoms with van der Waals surface area (Å²) in [6, 6.07) is 12.4. The molecule has 0 unspecified atom stereocenters. The highest BCUT2D eigenvalue weighted by Crippen LogP contribution is 2.36. The van der Waals surface area contributed by atoms with E-state index < -0.39 is 22.0 Å². The average molecular weight is 405 g/mol. The molecule has 2 aromatic rings. The van der Waals surface area contributed by atoms with Crippen LogP contribution in [0, 0.1) is 0 Å². The van der Waals surface area contributed by atoms with Crippen LogP contribution in [0.5, 0.6) is 5.75 Å². The van der Waals surface area contributed by atoms with E-state index in [0.717, 1.165) is 0 Å². The minimum Gasteiger partial charge on any atom is -0.495 e. The Morgan fingerprint density at radius 1 is 1.14 bits per heavy atom. The Kier molecular flexibility index (Phi) is 5.87. The third-order valence-electron chi connectivity index (χ3n) is 4.73. The van der Waals surface area contributed by atoms with Crippen molar-refractivity contribution in [2.45, 2.75) is 17.4 Å². The lowest BCUT2D eigenvalue weighted by Gasteiger charge is -2.31. The number of nitrogens with zero attached hydrogens (tertiary/aromatic N) is 2. The van der Waals surface area contributed by atoms with Gasteiger partial charge in [0.05, 0.1) is 31.5 Å². The van der Waals surface area contributed by atoms with Crippen molar-refractivity contribution in [3.8, 4) is 5.75 Å². The summed E-state index contributed by atoms with van der Waals surface area (Å²) in [7, 11) is -1.08. The van der Waals surface area contributed by atoms with Gasteiger partial charge in [-0.2, -0.15) is 5.06 Å². The molecular formula is C19H23N3O5S. The Balaban J connectivity index is 2.18. The number of sulfonamides is 1. The summed E-state index contributed by atoms with van der Waals surface area (Å²) in [6.07, 6.45) is 0.559. The average Bonchev–Trinajstić information content (AvgIpc) is 3.17. The molecule has 0 spiro atoms. The zero-order valence-electron chi connectivity index (χ0n) is 15.7. The van der Waals surface area contributed by atoms with Gasteiger partial charge in [-0.15, -0.1) is 0 Å². The highest BCUT2D eigenvalue weighted by Gasteiger charge is 2.39. The number of nitrogens with two attached hydrogens (primary N) is 1. The molecule has 0 radical (unpaired) electrons. The van der Waals surface area contributed by atoms with Gasteiger partial charge in [-0.3, -0.25) is 9.10 Å². The fourth-order valence-electron chi connectivity index (χ4n) is 3.40. The van der Waals surface area contributed by atoms with Crippen LogP contribution in [-0.2, 0) is 14.9 Å². The molecule has 0 aliphatic carbocycles. The van der Waals surface area contributed by atoms with Crippen molar-refractivity contribution in [3.05, 3.63) is 54.1 Å². The molecule has 150 valence electrons. The highest BCUT2D eigenvalue weighted by atomic mass is 32.2. The fourth-order valence-corrected chi connectivity index (χ4v) is 5.29. The van der Waals surface area contributed by atoms with Crippen LogP contribution in [0.25, 0.3) is 0 Å². The quantitative estimate of drug-likeness (QED) is 0.751. The van der Waals surface area contributed by atoms with E-state index in [4.69, 9.17) is 15.3 Å². The van der Waals surface area contributed by atoms with Crippen LogP contribution < -0.4 is 14.8 Å². The standard InChI is InChI=1S/C19H23N3O5S/c1-26-17-9-5-4-8-16(17)22(14-11-12-21(13-14)27-2)28(24,25)18-10-6-3-7-15(18)19(20)23/h3-10,14H,11-13H2,1-2H3,(H2,20,23)/t14-/m0/s1. The first kappa shape index (κ1) is 20.1. The number of hydrogen-bond acceptors (Lipinski definition) is 6. The number of primary amides is 1. The van der Waals surface area contributed by atoms with E-state index in [1.165, 1.54) is 23.5 Å². The number of carbonyl (C=O) groups is 1. The van der Waals surface area contributed by atoms with Crippen LogP contribution in [-0.4, -0.2) is 52.7 Å². The Labute approximate surface area is 164 Å². The van der Waals surface area contributed by atoms with Crippen molar-refractivity contribution in [1.82, 2.24) is 5.06 Å². The van der Waals surface area contributed by atoms with E-state index in [9.17, 15) is 13.2 Å². The van der Waals surface area contributed by atoms with Gasteiger partial charge in [-0.05, 0) is 30.7 Å². The molecule has 1 aliphatic heterocycles. The molecule has 8 nitrogen and oxygen atoms in total. The number of rotatable bonds is 7. The Bertz CT molecular complexity index is 964. The third-order valence-corrected chi connectivity index (χ3v) is 6.65. The van der Waals surface area contributed by atoms with Gasteiger partial charge < -0.3 is 15.3 Å². The van der Waals surface area contributed by atoms with Crippen molar-refractivity contribution in [3.63, 3.8) is 0 Å². The maximum absolute atomic E-state index is 13.7. The highest BCUT2D eigenvalue weighted by molar-refractivity contribution is 7.93. The zero-order chi connectivity index (χ0) is 20.3. The molecule has 2 aromatic carbocycles. The molecule has 28 heavy (non-hydrogen) atoms. The van der Waals surface area contributed by atoms with Gasteiger partial charge in [0.1, 0.15) is 10.6 Å². The largest absolute Gasteiger partial charge is 0.495 e. The zero-order valence-corrected chi connectivity index (χ0v) is 16.6. The Morgan fingerprint density at radius 2 is 1.82 bits per heavy atom. The van der Waals surface area contributed by atoms with Crippen molar-refractivity contribution in [1.29, 1.82) is 0 Å². The van der Waals surface area contributed by atoms with Crippen LogP contribution in [0.4, 0.5) is 5.69 Å². The number of hydroxylamine groups is 2. The Morgan fingerprint density at radius 3 is 2.46 bits per heavy atom. The van der Waals surface area contributed by atoms with Gasteiger partial charge in [0.25, 0.3) is 10.0 Å². The maximum Gasteiger partial charge on any atom is 0.265 e. The lowest BCUT2D eigenvalue weighted by atomic mass is 10.2.